The minimum absolute atomic E-state index is 0.0842. The molecule has 0 unspecified atom stereocenters. The number of thiazole rings is 1. The van der Waals surface area contributed by atoms with Gasteiger partial charge in [0.15, 0.2) is 5.13 Å². The Morgan fingerprint density at radius 1 is 0.914 bits per heavy atom. The van der Waals surface area contributed by atoms with Gasteiger partial charge in [-0.15, -0.1) is 0 Å². The normalized spacial score (nSPS) is 11.1. The minimum atomic E-state index is -0.0842. The van der Waals surface area contributed by atoms with Crippen molar-refractivity contribution in [3.8, 4) is 17.2 Å². The SMILES string of the molecule is CCN(CC)CCN(C(=O)c1ccc(Oc2ccccc2)cc1)c1nc2c(OC)ccc(C)c2s1. The molecule has 0 aliphatic carbocycles. The van der Waals surface area contributed by atoms with E-state index in [0.29, 0.717) is 28.7 Å². The number of para-hydroxylation sites is 1. The van der Waals surface area contributed by atoms with Gasteiger partial charge in [-0.1, -0.05) is 49.4 Å². The Balaban J connectivity index is 1.64. The average molecular weight is 490 g/mol. The van der Waals surface area contributed by atoms with Crippen LogP contribution in [0.1, 0.15) is 29.8 Å². The fourth-order valence-electron chi connectivity index (χ4n) is 3.89. The van der Waals surface area contributed by atoms with Crippen molar-refractivity contribution in [1.82, 2.24) is 9.88 Å². The number of amides is 1. The maximum absolute atomic E-state index is 13.7. The van der Waals surface area contributed by atoms with Crippen molar-refractivity contribution in [2.24, 2.45) is 0 Å². The number of benzene rings is 3. The lowest BCUT2D eigenvalue weighted by atomic mass is 10.2. The summed E-state index contributed by atoms with van der Waals surface area (Å²) in [6.07, 6.45) is 0. The van der Waals surface area contributed by atoms with E-state index in [0.717, 1.165) is 41.2 Å². The fraction of sp³-hybridized carbons (Fsp3) is 0.286. The Morgan fingerprint density at radius 2 is 1.60 bits per heavy atom. The fourth-order valence-corrected chi connectivity index (χ4v) is 4.97. The first-order chi connectivity index (χ1) is 17.0. The van der Waals surface area contributed by atoms with Gasteiger partial charge < -0.3 is 14.4 Å². The van der Waals surface area contributed by atoms with Crippen LogP contribution in [0.15, 0.2) is 66.7 Å². The Labute approximate surface area is 210 Å². The molecular formula is C28H31N3O3S. The van der Waals surface area contributed by atoms with Crippen LogP contribution in [0.2, 0.25) is 0 Å². The maximum atomic E-state index is 13.7. The van der Waals surface area contributed by atoms with Gasteiger partial charge in [0.2, 0.25) is 0 Å². The molecule has 4 aromatic rings. The molecule has 182 valence electrons. The average Bonchev–Trinajstić information content (AvgIpc) is 3.34. The van der Waals surface area contributed by atoms with Gasteiger partial charge in [-0.25, -0.2) is 4.98 Å². The number of hydrogen-bond acceptors (Lipinski definition) is 6. The molecule has 0 atom stereocenters. The van der Waals surface area contributed by atoms with Crippen LogP contribution in [0.4, 0.5) is 5.13 Å². The van der Waals surface area contributed by atoms with Gasteiger partial charge in [-0.05, 0) is 68.0 Å². The first kappa shape index (κ1) is 24.7. The van der Waals surface area contributed by atoms with Crippen molar-refractivity contribution in [2.45, 2.75) is 20.8 Å². The summed E-state index contributed by atoms with van der Waals surface area (Å²) in [7, 11) is 1.64. The van der Waals surface area contributed by atoms with Gasteiger partial charge >= 0.3 is 0 Å². The number of carbonyl (C=O) groups excluding carboxylic acids is 1. The number of aromatic nitrogens is 1. The van der Waals surface area contributed by atoms with Crippen molar-refractivity contribution in [2.75, 3.05) is 38.2 Å². The van der Waals surface area contributed by atoms with Crippen LogP contribution in [0.3, 0.4) is 0 Å². The molecule has 6 nitrogen and oxygen atoms in total. The van der Waals surface area contributed by atoms with Crippen LogP contribution in [0.5, 0.6) is 17.2 Å². The number of hydrogen-bond donors (Lipinski definition) is 0. The number of rotatable bonds is 10. The minimum Gasteiger partial charge on any atom is -0.494 e. The third-order valence-electron chi connectivity index (χ3n) is 6.00. The van der Waals surface area contributed by atoms with Crippen molar-refractivity contribution in [3.63, 3.8) is 0 Å². The second-order valence-electron chi connectivity index (χ2n) is 8.18. The molecule has 4 rings (SSSR count). The number of anilines is 1. The van der Waals surface area contributed by atoms with Crippen LogP contribution in [-0.2, 0) is 0 Å². The van der Waals surface area contributed by atoms with Gasteiger partial charge in [0.05, 0.1) is 11.8 Å². The predicted octanol–water partition coefficient (Wildman–Crippen LogP) is 6.39. The summed E-state index contributed by atoms with van der Waals surface area (Å²) < 4.78 is 12.5. The summed E-state index contributed by atoms with van der Waals surface area (Å²) in [4.78, 5) is 22.7. The van der Waals surface area contributed by atoms with Crippen LogP contribution in [0.25, 0.3) is 10.2 Å². The molecule has 1 aromatic heterocycles. The number of fused-ring (bicyclic) bond motifs is 1. The number of methoxy groups -OCH3 is 1. The molecule has 0 fully saturated rings. The van der Waals surface area contributed by atoms with Gasteiger partial charge in [-0.2, -0.15) is 0 Å². The summed E-state index contributed by atoms with van der Waals surface area (Å²) >= 11 is 1.53. The first-order valence-electron chi connectivity index (χ1n) is 11.8. The maximum Gasteiger partial charge on any atom is 0.260 e. The topological polar surface area (TPSA) is 54.9 Å². The van der Waals surface area contributed by atoms with Crippen molar-refractivity contribution >= 4 is 32.6 Å². The molecule has 0 saturated carbocycles. The zero-order valence-electron chi connectivity index (χ0n) is 20.7. The van der Waals surface area contributed by atoms with Crippen LogP contribution >= 0.6 is 11.3 Å². The molecule has 35 heavy (non-hydrogen) atoms. The lowest BCUT2D eigenvalue weighted by Crippen LogP contribution is -2.38. The Kier molecular flexibility index (Phi) is 8.00. The lowest BCUT2D eigenvalue weighted by molar-refractivity contribution is 0.0983. The highest BCUT2D eigenvalue weighted by Crippen LogP contribution is 2.37. The second-order valence-corrected chi connectivity index (χ2v) is 9.16. The van der Waals surface area contributed by atoms with E-state index in [1.54, 1.807) is 12.0 Å². The molecule has 7 heteroatoms. The van der Waals surface area contributed by atoms with E-state index in [4.69, 9.17) is 14.5 Å². The van der Waals surface area contributed by atoms with E-state index in [1.807, 2.05) is 66.7 Å². The molecule has 0 spiro atoms. The number of nitrogens with zero attached hydrogens (tertiary/aromatic N) is 3. The third kappa shape index (κ3) is 5.63. The van der Waals surface area contributed by atoms with E-state index in [9.17, 15) is 4.79 Å². The number of likely N-dealkylation sites (N-methyl/N-ethyl adjacent to an activating group) is 1. The van der Waals surface area contributed by atoms with E-state index < -0.39 is 0 Å². The molecule has 0 N–H and O–H groups in total. The molecule has 0 bridgehead atoms. The highest BCUT2D eigenvalue weighted by atomic mass is 32.1. The smallest absolute Gasteiger partial charge is 0.260 e. The molecule has 3 aromatic carbocycles. The molecule has 0 aliphatic heterocycles. The predicted molar refractivity (Wildman–Crippen MR) is 143 cm³/mol. The van der Waals surface area contributed by atoms with E-state index in [-0.39, 0.29) is 5.91 Å². The Morgan fingerprint density at radius 3 is 2.26 bits per heavy atom. The standard InChI is InChI=1S/C28H31N3O3S/c1-5-30(6-2)18-19-31(28-29-25-24(33-4)17-12-20(3)26(25)35-28)27(32)21-13-15-23(16-14-21)34-22-10-8-7-9-11-22/h7-17H,5-6,18-19H2,1-4H3. The van der Waals surface area contributed by atoms with E-state index in [1.165, 1.54) is 11.3 Å². The molecule has 0 saturated heterocycles. The summed E-state index contributed by atoms with van der Waals surface area (Å²) in [6, 6.07) is 20.8. The lowest BCUT2D eigenvalue weighted by Gasteiger charge is -2.24. The molecule has 1 heterocycles. The molecule has 0 radical (unpaired) electrons. The Bertz CT molecular complexity index is 1270. The quantitative estimate of drug-likeness (QED) is 0.258. The van der Waals surface area contributed by atoms with Crippen molar-refractivity contribution in [3.05, 3.63) is 77.9 Å². The largest absolute Gasteiger partial charge is 0.494 e. The summed E-state index contributed by atoms with van der Waals surface area (Å²) in [6.45, 7) is 9.48. The third-order valence-corrected chi connectivity index (χ3v) is 7.22. The first-order valence-corrected chi connectivity index (χ1v) is 12.7. The summed E-state index contributed by atoms with van der Waals surface area (Å²) in [5.74, 6) is 2.07. The molecule has 1 amide bonds. The van der Waals surface area contributed by atoms with Crippen LogP contribution in [0, 0.1) is 6.92 Å². The summed E-state index contributed by atoms with van der Waals surface area (Å²) in [5.41, 5.74) is 2.50. The van der Waals surface area contributed by atoms with E-state index in [2.05, 4.69) is 25.7 Å². The monoisotopic (exact) mass is 489 g/mol. The second kappa shape index (κ2) is 11.3. The summed E-state index contributed by atoms with van der Waals surface area (Å²) in [5, 5.41) is 0.675. The van der Waals surface area contributed by atoms with Gasteiger partial charge in [-0.3, -0.25) is 9.69 Å². The van der Waals surface area contributed by atoms with Gasteiger partial charge in [0, 0.05) is 18.7 Å². The number of aryl methyl sites for hydroxylation is 1. The van der Waals surface area contributed by atoms with Gasteiger partial charge in [0.25, 0.3) is 5.91 Å². The highest BCUT2D eigenvalue weighted by Gasteiger charge is 2.23. The van der Waals surface area contributed by atoms with Crippen molar-refractivity contribution < 1.29 is 14.3 Å². The number of ether oxygens (including phenoxy) is 2. The van der Waals surface area contributed by atoms with Crippen LogP contribution in [-0.4, -0.2) is 49.1 Å². The Hall–Kier alpha value is -3.42. The van der Waals surface area contributed by atoms with Crippen molar-refractivity contribution in [1.29, 1.82) is 0 Å². The van der Waals surface area contributed by atoms with Gasteiger partial charge in [0.1, 0.15) is 22.8 Å². The van der Waals surface area contributed by atoms with Crippen LogP contribution < -0.4 is 14.4 Å². The molecular weight excluding hydrogens is 458 g/mol. The molecule has 0 aliphatic rings. The van der Waals surface area contributed by atoms with E-state index >= 15 is 0 Å². The zero-order valence-corrected chi connectivity index (χ0v) is 21.5. The zero-order chi connectivity index (χ0) is 24.8. The number of carbonyl (C=O) groups is 1. The highest BCUT2D eigenvalue weighted by molar-refractivity contribution is 7.22.